The van der Waals surface area contributed by atoms with E-state index < -0.39 is 0 Å². The third-order valence-electron chi connectivity index (χ3n) is 4.47. The molecule has 0 aromatic heterocycles. The molecule has 1 N–H and O–H groups in total. The standard InChI is InChI=1S/C20H33N3O2S/c1-17-5-7-19(8-6-17)26-16-11-22-20(21-2)23-12-9-18(10-13-23)25-15-4-14-24-3/h5-8,18H,4,9-16H2,1-3H3,(H,21,22). The highest BCUT2D eigenvalue weighted by Crippen LogP contribution is 2.18. The van der Waals surface area contributed by atoms with E-state index in [0.717, 1.165) is 63.8 Å². The lowest BCUT2D eigenvalue weighted by Crippen LogP contribution is -2.47. The van der Waals surface area contributed by atoms with E-state index in [1.807, 2.05) is 18.8 Å². The first-order valence-corrected chi connectivity index (χ1v) is 10.5. The van der Waals surface area contributed by atoms with Crippen LogP contribution in [0.5, 0.6) is 0 Å². The molecule has 0 aliphatic carbocycles. The summed E-state index contributed by atoms with van der Waals surface area (Å²) >= 11 is 1.88. The number of thioether (sulfide) groups is 1. The first kappa shape index (κ1) is 21.1. The quantitative estimate of drug-likeness (QED) is 0.309. The lowest BCUT2D eigenvalue weighted by atomic mass is 10.1. The summed E-state index contributed by atoms with van der Waals surface area (Å²) in [5, 5.41) is 3.49. The predicted molar refractivity (Wildman–Crippen MR) is 110 cm³/mol. The van der Waals surface area contributed by atoms with Gasteiger partial charge < -0.3 is 19.7 Å². The van der Waals surface area contributed by atoms with Gasteiger partial charge in [0.2, 0.25) is 0 Å². The molecule has 1 saturated heterocycles. The van der Waals surface area contributed by atoms with E-state index >= 15 is 0 Å². The minimum atomic E-state index is 0.373. The number of aryl methyl sites for hydroxylation is 1. The molecule has 5 nitrogen and oxygen atoms in total. The van der Waals surface area contributed by atoms with Gasteiger partial charge in [0.05, 0.1) is 6.10 Å². The summed E-state index contributed by atoms with van der Waals surface area (Å²) in [7, 11) is 3.60. The Balaban J connectivity index is 1.62. The van der Waals surface area contributed by atoms with Crippen LogP contribution in [0.1, 0.15) is 24.8 Å². The molecule has 0 saturated carbocycles. The van der Waals surface area contributed by atoms with Gasteiger partial charge in [0.25, 0.3) is 0 Å². The second-order valence-electron chi connectivity index (χ2n) is 6.54. The van der Waals surface area contributed by atoms with Gasteiger partial charge in [-0.05, 0) is 38.3 Å². The third kappa shape index (κ3) is 7.56. The van der Waals surface area contributed by atoms with Gasteiger partial charge in [0.15, 0.2) is 5.96 Å². The Kier molecular flexibility index (Phi) is 9.89. The van der Waals surface area contributed by atoms with Crippen molar-refractivity contribution in [2.45, 2.75) is 37.2 Å². The van der Waals surface area contributed by atoms with Crippen LogP contribution in [0.15, 0.2) is 34.2 Å². The Morgan fingerprint density at radius 2 is 1.96 bits per heavy atom. The number of methoxy groups -OCH3 is 1. The summed E-state index contributed by atoms with van der Waals surface area (Å²) in [5.74, 6) is 2.04. The molecule has 1 aromatic carbocycles. The van der Waals surface area contributed by atoms with Crippen molar-refractivity contribution in [3.8, 4) is 0 Å². The van der Waals surface area contributed by atoms with Gasteiger partial charge >= 0.3 is 0 Å². The zero-order chi connectivity index (χ0) is 18.6. The normalized spacial score (nSPS) is 16.1. The van der Waals surface area contributed by atoms with Crippen LogP contribution in [0.4, 0.5) is 0 Å². The number of hydrogen-bond donors (Lipinski definition) is 1. The van der Waals surface area contributed by atoms with Gasteiger partial charge in [-0.25, -0.2) is 0 Å². The topological polar surface area (TPSA) is 46.1 Å². The van der Waals surface area contributed by atoms with Gasteiger partial charge in [0, 0.05) is 57.7 Å². The summed E-state index contributed by atoms with van der Waals surface area (Å²) in [6.07, 6.45) is 3.47. The fourth-order valence-electron chi connectivity index (χ4n) is 2.99. The number of aliphatic imine (C=N–C) groups is 1. The van der Waals surface area contributed by atoms with Crippen molar-refractivity contribution in [1.29, 1.82) is 0 Å². The van der Waals surface area contributed by atoms with Crippen molar-refractivity contribution in [3.63, 3.8) is 0 Å². The molecule has 0 atom stereocenters. The monoisotopic (exact) mass is 379 g/mol. The third-order valence-corrected chi connectivity index (χ3v) is 5.49. The zero-order valence-corrected chi connectivity index (χ0v) is 17.2. The second kappa shape index (κ2) is 12.2. The van der Waals surface area contributed by atoms with Crippen LogP contribution in [-0.2, 0) is 9.47 Å². The van der Waals surface area contributed by atoms with Crippen molar-refractivity contribution in [3.05, 3.63) is 29.8 Å². The van der Waals surface area contributed by atoms with Crippen LogP contribution < -0.4 is 5.32 Å². The van der Waals surface area contributed by atoms with E-state index in [0.29, 0.717) is 6.10 Å². The van der Waals surface area contributed by atoms with Crippen molar-refractivity contribution in [2.24, 2.45) is 4.99 Å². The lowest BCUT2D eigenvalue weighted by molar-refractivity contribution is 0.00993. The van der Waals surface area contributed by atoms with Gasteiger partial charge in [-0.1, -0.05) is 17.7 Å². The molecule has 1 aliphatic heterocycles. The maximum atomic E-state index is 5.93. The minimum Gasteiger partial charge on any atom is -0.385 e. The summed E-state index contributed by atoms with van der Waals surface area (Å²) < 4.78 is 11.0. The lowest BCUT2D eigenvalue weighted by Gasteiger charge is -2.34. The number of likely N-dealkylation sites (tertiary alicyclic amines) is 1. The molecular weight excluding hydrogens is 346 g/mol. The molecule has 26 heavy (non-hydrogen) atoms. The number of benzene rings is 1. The van der Waals surface area contributed by atoms with Crippen molar-refractivity contribution < 1.29 is 9.47 Å². The Labute approximate surface area is 162 Å². The van der Waals surface area contributed by atoms with Gasteiger partial charge in [0.1, 0.15) is 0 Å². The van der Waals surface area contributed by atoms with E-state index in [1.54, 1.807) is 7.11 Å². The van der Waals surface area contributed by atoms with Crippen LogP contribution in [0.25, 0.3) is 0 Å². The predicted octanol–water partition coefficient (Wildman–Crippen LogP) is 3.18. The SMILES string of the molecule is CN=C(NCCSc1ccc(C)cc1)N1CCC(OCCCOC)CC1. The van der Waals surface area contributed by atoms with Crippen LogP contribution in [0.3, 0.4) is 0 Å². The van der Waals surface area contributed by atoms with Gasteiger partial charge in [-0.15, -0.1) is 11.8 Å². The van der Waals surface area contributed by atoms with Crippen LogP contribution in [0.2, 0.25) is 0 Å². The molecule has 0 unspecified atom stereocenters. The molecule has 146 valence electrons. The molecule has 0 spiro atoms. The second-order valence-corrected chi connectivity index (χ2v) is 7.71. The number of piperidine rings is 1. The molecule has 0 bridgehead atoms. The first-order valence-electron chi connectivity index (χ1n) is 9.48. The Morgan fingerprint density at radius 1 is 1.23 bits per heavy atom. The maximum absolute atomic E-state index is 5.93. The summed E-state index contributed by atoms with van der Waals surface area (Å²) in [6, 6.07) is 8.70. The van der Waals surface area contributed by atoms with Crippen LogP contribution in [0, 0.1) is 6.92 Å². The highest BCUT2D eigenvalue weighted by molar-refractivity contribution is 7.99. The fourth-order valence-corrected chi connectivity index (χ4v) is 3.75. The molecule has 1 fully saturated rings. The summed E-state index contributed by atoms with van der Waals surface area (Å²) in [5.41, 5.74) is 1.30. The largest absolute Gasteiger partial charge is 0.385 e. The maximum Gasteiger partial charge on any atom is 0.193 e. The highest BCUT2D eigenvalue weighted by atomic mass is 32.2. The van der Waals surface area contributed by atoms with E-state index in [2.05, 4.69) is 46.4 Å². The smallest absolute Gasteiger partial charge is 0.193 e. The zero-order valence-electron chi connectivity index (χ0n) is 16.4. The van der Waals surface area contributed by atoms with Gasteiger partial charge in [-0.2, -0.15) is 0 Å². The van der Waals surface area contributed by atoms with E-state index in [1.165, 1.54) is 10.5 Å². The molecule has 1 aliphatic rings. The molecule has 1 heterocycles. The van der Waals surface area contributed by atoms with Crippen LogP contribution >= 0.6 is 11.8 Å². The van der Waals surface area contributed by atoms with E-state index in [9.17, 15) is 0 Å². The number of guanidine groups is 1. The Hall–Kier alpha value is -1.24. The Morgan fingerprint density at radius 3 is 2.62 bits per heavy atom. The fraction of sp³-hybridized carbons (Fsp3) is 0.650. The molecule has 0 amide bonds. The highest BCUT2D eigenvalue weighted by Gasteiger charge is 2.21. The van der Waals surface area contributed by atoms with Crippen molar-refractivity contribution >= 4 is 17.7 Å². The number of nitrogens with one attached hydrogen (secondary N) is 1. The minimum absolute atomic E-state index is 0.373. The van der Waals surface area contributed by atoms with E-state index in [4.69, 9.17) is 9.47 Å². The number of hydrogen-bond acceptors (Lipinski definition) is 4. The van der Waals surface area contributed by atoms with Crippen molar-refractivity contribution in [1.82, 2.24) is 10.2 Å². The molecule has 2 rings (SSSR count). The summed E-state index contributed by atoms with van der Waals surface area (Å²) in [4.78, 5) is 8.10. The molecule has 6 heteroatoms. The average Bonchev–Trinajstić information content (AvgIpc) is 2.67. The summed E-state index contributed by atoms with van der Waals surface area (Å²) in [6.45, 7) is 6.60. The number of rotatable bonds is 9. The van der Waals surface area contributed by atoms with E-state index in [-0.39, 0.29) is 0 Å². The average molecular weight is 380 g/mol. The Bertz CT molecular complexity index is 528. The molecule has 0 radical (unpaired) electrons. The number of nitrogens with zero attached hydrogens (tertiary/aromatic N) is 2. The molecule has 1 aromatic rings. The number of ether oxygens (including phenoxy) is 2. The van der Waals surface area contributed by atoms with Crippen LogP contribution in [-0.4, -0.2) is 69.7 Å². The van der Waals surface area contributed by atoms with Crippen molar-refractivity contribution in [2.75, 3.05) is 52.8 Å². The van der Waals surface area contributed by atoms with Gasteiger partial charge in [-0.3, -0.25) is 4.99 Å². The first-order chi connectivity index (χ1) is 12.7. The molecular formula is C20H33N3O2S.